The average Bonchev–Trinajstić information content (AvgIpc) is 2.39. The highest BCUT2D eigenvalue weighted by atomic mass is 16.5. The molecule has 0 radical (unpaired) electrons. The molecule has 0 saturated carbocycles. The monoisotopic (exact) mass is 243 g/mol. The summed E-state index contributed by atoms with van der Waals surface area (Å²) in [5.74, 6) is 1.49. The third-order valence-electron chi connectivity index (χ3n) is 2.41. The number of methoxy groups -OCH3 is 1. The van der Waals surface area contributed by atoms with E-state index in [1.165, 1.54) is 6.92 Å². The number of Topliss-reactive ketones (excluding diaryl/α,β-unsaturated/α-hetero) is 1. The maximum Gasteiger partial charge on any atom is 0.230 e. The van der Waals surface area contributed by atoms with Crippen LogP contribution >= 0.6 is 0 Å². The van der Waals surface area contributed by atoms with E-state index in [1.54, 1.807) is 37.6 Å². The zero-order valence-corrected chi connectivity index (χ0v) is 10.2. The van der Waals surface area contributed by atoms with Crippen molar-refractivity contribution in [1.82, 2.24) is 4.98 Å². The highest BCUT2D eigenvalue weighted by Gasteiger charge is 2.10. The fourth-order valence-electron chi connectivity index (χ4n) is 1.52. The van der Waals surface area contributed by atoms with E-state index in [0.29, 0.717) is 22.9 Å². The molecule has 0 amide bonds. The molecule has 4 heteroatoms. The minimum absolute atomic E-state index is 0.0824. The maximum atomic E-state index is 11.4. The molecule has 0 bridgehead atoms. The lowest BCUT2D eigenvalue weighted by molar-refractivity contribution is 0.101. The molecule has 0 aliphatic carbocycles. The lowest BCUT2D eigenvalue weighted by Crippen LogP contribution is -1.99. The van der Waals surface area contributed by atoms with Crippen LogP contribution in [0.2, 0.25) is 0 Å². The Morgan fingerprint density at radius 1 is 1.17 bits per heavy atom. The second-order valence-corrected chi connectivity index (χ2v) is 3.69. The Morgan fingerprint density at radius 3 is 2.67 bits per heavy atom. The van der Waals surface area contributed by atoms with Crippen LogP contribution in [0.4, 0.5) is 0 Å². The van der Waals surface area contributed by atoms with Crippen LogP contribution in [0.1, 0.15) is 17.3 Å². The number of ether oxygens (including phenoxy) is 2. The summed E-state index contributed by atoms with van der Waals surface area (Å²) in [4.78, 5) is 15.5. The Kier molecular flexibility index (Phi) is 3.57. The van der Waals surface area contributed by atoms with Crippen LogP contribution in [0.5, 0.6) is 17.4 Å². The van der Waals surface area contributed by atoms with Crippen LogP contribution in [0.15, 0.2) is 42.6 Å². The van der Waals surface area contributed by atoms with E-state index in [9.17, 15) is 4.79 Å². The number of hydrogen-bond donors (Lipinski definition) is 0. The van der Waals surface area contributed by atoms with Crippen LogP contribution in [-0.4, -0.2) is 17.9 Å². The summed E-state index contributed by atoms with van der Waals surface area (Å²) in [6.07, 6.45) is 1.59. The van der Waals surface area contributed by atoms with Gasteiger partial charge in [0.25, 0.3) is 0 Å². The largest absolute Gasteiger partial charge is 0.497 e. The highest BCUT2D eigenvalue weighted by Crippen LogP contribution is 2.26. The van der Waals surface area contributed by atoms with Gasteiger partial charge in [0.15, 0.2) is 5.78 Å². The molecule has 0 fully saturated rings. The zero-order valence-electron chi connectivity index (χ0n) is 10.2. The first-order valence-electron chi connectivity index (χ1n) is 5.48. The molecule has 0 atom stereocenters. The Balaban J connectivity index is 2.31. The number of ketones is 1. The second kappa shape index (κ2) is 5.31. The molecule has 2 aromatic rings. The summed E-state index contributed by atoms with van der Waals surface area (Å²) >= 11 is 0. The van der Waals surface area contributed by atoms with Gasteiger partial charge in [-0.25, -0.2) is 4.98 Å². The smallest absolute Gasteiger partial charge is 0.230 e. The van der Waals surface area contributed by atoms with Crippen molar-refractivity contribution in [3.63, 3.8) is 0 Å². The van der Waals surface area contributed by atoms with Crippen molar-refractivity contribution >= 4 is 5.78 Å². The minimum atomic E-state index is -0.0824. The lowest BCUT2D eigenvalue weighted by Gasteiger charge is -2.08. The predicted octanol–water partition coefficient (Wildman–Crippen LogP) is 3.09. The number of benzene rings is 1. The number of pyridine rings is 1. The van der Waals surface area contributed by atoms with Crippen molar-refractivity contribution in [2.24, 2.45) is 0 Å². The molecule has 0 aliphatic rings. The molecule has 0 unspecified atom stereocenters. The van der Waals surface area contributed by atoms with E-state index in [-0.39, 0.29) is 5.78 Å². The van der Waals surface area contributed by atoms with Gasteiger partial charge >= 0.3 is 0 Å². The Bertz CT molecular complexity index is 566. The van der Waals surface area contributed by atoms with Crippen molar-refractivity contribution in [2.75, 3.05) is 7.11 Å². The van der Waals surface area contributed by atoms with E-state index in [4.69, 9.17) is 9.47 Å². The first kappa shape index (κ1) is 12.1. The van der Waals surface area contributed by atoms with Gasteiger partial charge < -0.3 is 9.47 Å². The topological polar surface area (TPSA) is 48.4 Å². The number of nitrogens with zero attached hydrogens (tertiary/aromatic N) is 1. The minimum Gasteiger partial charge on any atom is -0.497 e. The molecule has 18 heavy (non-hydrogen) atoms. The molecular weight excluding hydrogens is 230 g/mol. The van der Waals surface area contributed by atoms with Crippen LogP contribution in [0, 0.1) is 0 Å². The molecule has 2 rings (SSSR count). The highest BCUT2D eigenvalue weighted by molar-refractivity contribution is 5.96. The van der Waals surface area contributed by atoms with Crippen molar-refractivity contribution in [2.45, 2.75) is 6.92 Å². The van der Waals surface area contributed by atoms with Gasteiger partial charge in [0.1, 0.15) is 11.5 Å². The van der Waals surface area contributed by atoms with E-state index < -0.39 is 0 Å². The summed E-state index contributed by atoms with van der Waals surface area (Å²) in [6, 6.07) is 10.5. The van der Waals surface area contributed by atoms with Gasteiger partial charge in [-0.3, -0.25) is 4.79 Å². The Hall–Kier alpha value is -2.36. The van der Waals surface area contributed by atoms with Gasteiger partial charge in [-0.05, 0) is 31.2 Å². The molecule has 1 aromatic heterocycles. The molecule has 0 aliphatic heterocycles. The SMILES string of the molecule is COc1cccc(Oc2ncccc2C(C)=O)c1. The normalized spacial score (nSPS) is 9.89. The van der Waals surface area contributed by atoms with Crippen molar-refractivity contribution in [1.29, 1.82) is 0 Å². The molecule has 0 saturated heterocycles. The summed E-state index contributed by atoms with van der Waals surface area (Å²) in [5.41, 5.74) is 0.459. The van der Waals surface area contributed by atoms with Crippen molar-refractivity contribution < 1.29 is 14.3 Å². The molecule has 1 heterocycles. The summed E-state index contributed by atoms with van der Waals surface area (Å²) in [5, 5.41) is 0. The molecule has 0 N–H and O–H groups in total. The summed E-state index contributed by atoms with van der Waals surface area (Å²) in [7, 11) is 1.58. The van der Waals surface area contributed by atoms with Gasteiger partial charge in [0, 0.05) is 12.3 Å². The number of carbonyl (C=O) groups excluding carboxylic acids is 1. The fraction of sp³-hybridized carbons (Fsp3) is 0.143. The number of rotatable bonds is 4. The van der Waals surface area contributed by atoms with Gasteiger partial charge in [-0.15, -0.1) is 0 Å². The lowest BCUT2D eigenvalue weighted by atomic mass is 10.2. The van der Waals surface area contributed by atoms with E-state index in [1.807, 2.05) is 12.1 Å². The predicted molar refractivity (Wildman–Crippen MR) is 67.3 cm³/mol. The molecule has 0 spiro atoms. The Morgan fingerprint density at radius 2 is 1.94 bits per heavy atom. The van der Waals surface area contributed by atoms with E-state index in [0.717, 1.165) is 0 Å². The summed E-state index contributed by atoms with van der Waals surface area (Å²) in [6.45, 7) is 1.48. The first-order chi connectivity index (χ1) is 8.70. The fourth-order valence-corrected chi connectivity index (χ4v) is 1.52. The quantitative estimate of drug-likeness (QED) is 0.774. The second-order valence-electron chi connectivity index (χ2n) is 3.69. The zero-order chi connectivity index (χ0) is 13.0. The molecular formula is C14H13NO3. The van der Waals surface area contributed by atoms with Gasteiger partial charge in [-0.2, -0.15) is 0 Å². The molecule has 4 nitrogen and oxygen atoms in total. The molecule has 1 aromatic carbocycles. The van der Waals surface area contributed by atoms with Gasteiger partial charge in [-0.1, -0.05) is 6.07 Å². The van der Waals surface area contributed by atoms with Crippen LogP contribution in [0.3, 0.4) is 0 Å². The maximum absolute atomic E-state index is 11.4. The molecule has 92 valence electrons. The van der Waals surface area contributed by atoms with Gasteiger partial charge in [0.05, 0.1) is 12.7 Å². The van der Waals surface area contributed by atoms with Crippen LogP contribution < -0.4 is 9.47 Å². The van der Waals surface area contributed by atoms with E-state index in [2.05, 4.69) is 4.98 Å². The third-order valence-corrected chi connectivity index (χ3v) is 2.41. The number of hydrogen-bond acceptors (Lipinski definition) is 4. The summed E-state index contributed by atoms with van der Waals surface area (Å²) < 4.78 is 10.7. The number of aromatic nitrogens is 1. The van der Waals surface area contributed by atoms with Crippen LogP contribution in [-0.2, 0) is 0 Å². The standard InChI is InChI=1S/C14H13NO3/c1-10(16)13-7-4-8-15-14(13)18-12-6-3-5-11(9-12)17-2/h3-9H,1-2H3. The first-order valence-corrected chi connectivity index (χ1v) is 5.48. The van der Waals surface area contributed by atoms with Crippen LogP contribution in [0.25, 0.3) is 0 Å². The third kappa shape index (κ3) is 2.66. The number of carbonyl (C=O) groups is 1. The van der Waals surface area contributed by atoms with Gasteiger partial charge in [0.2, 0.25) is 5.88 Å². The van der Waals surface area contributed by atoms with Crippen molar-refractivity contribution in [3.05, 3.63) is 48.2 Å². The Labute approximate surface area is 105 Å². The van der Waals surface area contributed by atoms with E-state index >= 15 is 0 Å². The van der Waals surface area contributed by atoms with Crippen molar-refractivity contribution in [3.8, 4) is 17.4 Å². The average molecular weight is 243 g/mol.